The Morgan fingerprint density at radius 2 is 2.25 bits per heavy atom. The lowest BCUT2D eigenvalue weighted by Gasteiger charge is -1.95. The molecule has 8 heavy (non-hydrogen) atoms. The minimum absolute atomic E-state index is 0. The molecule has 3 heteroatoms. The first-order valence-electron chi connectivity index (χ1n) is 2.13. The molecular formula is C5H13NO2. The summed E-state index contributed by atoms with van der Waals surface area (Å²) in [6.45, 7) is 2.45. The molecule has 0 aliphatic heterocycles. The molecule has 0 heterocycles. The van der Waals surface area contributed by atoms with Crippen molar-refractivity contribution in [1.29, 1.82) is 0 Å². The Hall–Kier alpha value is -0.730. The Bertz CT molecular complexity index is 63.4. The van der Waals surface area contributed by atoms with E-state index in [0.29, 0.717) is 6.54 Å². The van der Waals surface area contributed by atoms with Crippen LogP contribution in [0, 0.1) is 0 Å². The third-order valence-corrected chi connectivity index (χ3v) is 0.507. The molecule has 0 aliphatic carbocycles. The van der Waals surface area contributed by atoms with Gasteiger partial charge >= 0.3 is 6.09 Å². The van der Waals surface area contributed by atoms with Crippen LogP contribution in [0.3, 0.4) is 0 Å². The summed E-state index contributed by atoms with van der Waals surface area (Å²) in [5, 5.41) is 2.43. The molecule has 1 amide bonds. The standard InChI is InChI=1S/C4H9NO2.CH4/c1-3-5-4(6)7-2;/h3H2,1-2H3,(H,5,6);1H4. The predicted molar refractivity (Wildman–Crippen MR) is 32.8 cm³/mol. The van der Waals surface area contributed by atoms with Crippen molar-refractivity contribution >= 4 is 6.09 Å². The first-order chi connectivity index (χ1) is 3.31. The third-order valence-electron chi connectivity index (χ3n) is 0.507. The number of hydrogen-bond donors (Lipinski definition) is 1. The van der Waals surface area contributed by atoms with E-state index in [4.69, 9.17) is 0 Å². The number of hydrogen-bond acceptors (Lipinski definition) is 2. The zero-order chi connectivity index (χ0) is 5.70. The van der Waals surface area contributed by atoms with Crippen LogP contribution in [0.5, 0.6) is 0 Å². The van der Waals surface area contributed by atoms with Gasteiger partial charge in [0.15, 0.2) is 0 Å². The molecule has 3 nitrogen and oxygen atoms in total. The summed E-state index contributed by atoms with van der Waals surface area (Å²) in [5.74, 6) is 0. The van der Waals surface area contributed by atoms with Gasteiger partial charge in [0.05, 0.1) is 7.11 Å². The molecule has 0 aromatic heterocycles. The van der Waals surface area contributed by atoms with Gasteiger partial charge in [-0.25, -0.2) is 4.79 Å². The summed E-state index contributed by atoms with van der Waals surface area (Å²) < 4.78 is 4.24. The predicted octanol–water partition coefficient (Wildman–Crippen LogP) is 0.998. The number of carbonyl (C=O) groups excluding carboxylic acids is 1. The van der Waals surface area contributed by atoms with Crippen molar-refractivity contribution in [3.8, 4) is 0 Å². The van der Waals surface area contributed by atoms with Gasteiger partial charge in [0.1, 0.15) is 0 Å². The fraction of sp³-hybridized carbons (Fsp3) is 0.800. The van der Waals surface area contributed by atoms with Crippen LogP contribution in [0.15, 0.2) is 0 Å². The highest BCUT2D eigenvalue weighted by atomic mass is 16.5. The second-order valence-corrected chi connectivity index (χ2v) is 1.02. The van der Waals surface area contributed by atoms with Gasteiger partial charge < -0.3 is 10.1 Å². The zero-order valence-electron chi connectivity index (χ0n) is 4.52. The van der Waals surface area contributed by atoms with E-state index in [2.05, 4.69) is 10.1 Å². The number of alkyl carbamates (subject to hydrolysis) is 1. The van der Waals surface area contributed by atoms with Gasteiger partial charge in [-0.2, -0.15) is 0 Å². The topological polar surface area (TPSA) is 38.3 Å². The van der Waals surface area contributed by atoms with Crippen LogP contribution < -0.4 is 5.32 Å². The number of ether oxygens (including phenoxy) is 1. The minimum atomic E-state index is -0.373. The number of carbonyl (C=O) groups is 1. The fourth-order valence-electron chi connectivity index (χ4n) is 0.217. The highest BCUT2D eigenvalue weighted by Gasteiger charge is 1.89. The molecule has 0 fully saturated rings. The van der Waals surface area contributed by atoms with Crippen LogP contribution in [0.4, 0.5) is 4.79 Å². The molecule has 0 aliphatic rings. The van der Waals surface area contributed by atoms with E-state index < -0.39 is 0 Å². The maximum Gasteiger partial charge on any atom is 0.406 e. The van der Waals surface area contributed by atoms with Crippen molar-refractivity contribution in [2.45, 2.75) is 14.4 Å². The second-order valence-electron chi connectivity index (χ2n) is 1.02. The number of rotatable bonds is 1. The van der Waals surface area contributed by atoms with Crippen LogP contribution in [-0.2, 0) is 4.74 Å². The van der Waals surface area contributed by atoms with Crippen LogP contribution in [0.2, 0.25) is 0 Å². The molecule has 0 atom stereocenters. The van der Waals surface area contributed by atoms with Gasteiger partial charge in [0.2, 0.25) is 0 Å². The van der Waals surface area contributed by atoms with Crippen molar-refractivity contribution < 1.29 is 9.53 Å². The average Bonchev–Trinajstić information content (AvgIpc) is 1.68. The van der Waals surface area contributed by atoms with Crippen LogP contribution in [0.1, 0.15) is 14.4 Å². The fourth-order valence-corrected chi connectivity index (χ4v) is 0.217. The smallest absolute Gasteiger partial charge is 0.406 e. The normalized spacial score (nSPS) is 6.75. The molecule has 1 N–H and O–H groups in total. The summed E-state index contributed by atoms with van der Waals surface area (Å²) in [5.41, 5.74) is 0. The van der Waals surface area contributed by atoms with E-state index in [1.54, 1.807) is 0 Å². The lowest BCUT2D eigenvalue weighted by atomic mass is 10.8. The van der Waals surface area contributed by atoms with Gasteiger partial charge in [0.25, 0.3) is 0 Å². The Morgan fingerprint density at radius 1 is 1.75 bits per heavy atom. The molecule has 0 saturated carbocycles. The van der Waals surface area contributed by atoms with Gasteiger partial charge in [0, 0.05) is 6.54 Å². The highest BCUT2D eigenvalue weighted by molar-refractivity contribution is 5.66. The van der Waals surface area contributed by atoms with Crippen molar-refractivity contribution in [3.05, 3.63) is 0 Å². The second kappa shape index (κ2) is 6.27. The first-order valence-corrected chi connectivity index (χ1v) is 2.13. The quantitative estimate of drug-likeness (QED) is 0.559. The van der Waals surface area contributed by atoms with Crippen LogP contribution in [0.25, 0.3) is 0 Å². The first kappa shape index (κ1) is 10.3. The molecule has 0 aromatic rings. The average molecular weight is 119 g/mol. The lowest BCUT2D eigenvalue weighted by molar-refractivity contribution is 0.171. The molecule has 0 saturated heterocycles. The maximum absolute atomic E-state index is 10.1. The van der Waals surface area contributed by atoms with Crippen molar-refractivity contribution in [1.82, 2.24) is 5.32 Å². The Labute approximate surface area is 50.0 Å². The molecule has 0 aromatic carbocycles. The van der Waals surface area contributed by atoms with E-state index in [0.717, 1.165) is 0 Å². The number of nitrogens with one attached hydrogen (secondary N) is 1. The molecule has 0 bridgehead atoms. The van der Waals surface area contributed by atoms with Crippen LogP contribution in [-0.4, -0.2) is 19.7 Å². The van der Waals surface area contributed by atoms with E-state index >= 15 is 0 Å². The van der Waals surface area contributed by atoms with E-state index in [1.165, 1.54) is 7.11 Å². The van der Waals surface area contributed by atoms with Gasteiger partial charge in [-0.1, -0.05) is 7.43 Å². The van der Waals surface area contributed by atoms with Crippen LogP contribution >= 0.6 is 0 Å². The minimum Gasteiger partial charge on any atom is -0.453 e. The highest BCUT2D eigenvalue weighted by Crippen LogP contribution is 1.66. The summed E-state index contributed by atoms with van der Waals surface area (Å²) in [4.78, 5) is 10.1. The van der Waals surface area contributed by atoms with Gasteiger partial charge in [-0.3, -0.25) is 0 Å². The SMILES string of the molecule is C.CCNC(=O)OC. The zero-order valence-corrected chi connectivity index (χ0v) is 4.52. The summed E-state index contributed by atoms with van der Waals surface area (Å²) in [6.07, 6.45) is -0.373. The largest absolute Gasteiger partial charge is 0.453 e. The monoisotopic (exact) mass is 119 g/mol. The Morgan fingerprint density at radius 3 is 2.38 bits per heavy atom. The summed E-state index contributed by atoms with van der Waals surface area (Å²) in [7, 11) is 1.34. The van der Waals surface area contributed by atoms with Crippen molar-refractivity contribution in [2.24, 2.45) is 0 Å². The van der Waals surface area contributed by atoms with Gasteiger partial charge in [-0.05, 0) is 6.92 Å². The third kappa shape index (κ3) is 5.27. The van der Waals surface area contributed by atoms with Crippen molar-refractivity contribution in [2.75, 3.05) is 13.7 Å². The van der Waals surface area contributed by atoms with E-state index in [1.807, 2.05) is 6.92 Å². The lowest BCUT2D eigenvalue weighted by Crippen LogP contribution is -2.21. The Kier molecular flexibility index (Phi) is 8.07. The summed E-state index contributed by atoms with van der Waals surface area (Å²) >= 11 is 0. The maximum atomic E-state index is 10.1. The molecule has 0 rings (SSSR count). The molecular weight excluding hydrogens is 106 g/mol. The molecule has 0 unspecified atom stereocenters. The van der Waals surface area contributed by atoms with E-state index in [-0.39, 0.29) is 13.5 Å². The number of methoxy groups -OCH3 is 1. The molecule has 0 radical (unpaired) electrons. The summed E-state index contributed by atoms with van der Waals surface area (Å²) in [6, 6.07) is 0. The Balaban J connectivity index is 0. The molecule has 50 valence electrons. The van der Waals surface area contributed by atoms with E-state index in [9.17, 15) is 4.79 Å². The van der Waals surface area contributed by atoms with Crippen molar-refractivity contribution in [3.63, 3.8) is 0 Å². The van der Waals surface area contributed by atoms with Gasteiger partial charge in [-0.15, -0.1) is 0 Å². The number of amides is 1. The molecule has 0 spiro atoms.